The van der Waals surface area contributed by atoms with E-state index in [-0.39, 0.29) is 11.9 Å². The van der Waals surface area contributed by atoms with Crippen molar-refractivity contribution >= 4 is 29.5 Å². The lowest BCUT2D eigenvalue weighted by molar-refractivity contribution is -0.191. The second-order valence-electron chi connectivity index (χ2n) is 5.14. The first-order chi connectivity index (χ1) is 12.5. The Bertz CT molecular complexity index is 948. The van der Waals surface area contributed by atoms with Crippen LogP contribution in [0.1, 0.15) is 21.8 Å². The predicted octanol–water partition coefficient (Wildman–Crippen LogP) is 3.07. The summed E-state index contributed by atoms with van der Waals surface area (Å²) >= 11 is 6.22. The number of halogens is 1. The maximum Gasteiger partial charge on any atom is 0.373 e. The number of benzene rings is 1. The molecule has 9 heteroatoms. The molecule has 8 nitrogen and oxygen atoms in total. The van der Waals surface area contributed by atoms with Crippen molar-refractivity contribution in [3.8, 4) is 11.1 Å². The van der Waals surface area contributed by atoms with Gasteiger partial charge in [0, 0.05) is 27.6 Å². The summed E-state index contributed by atoms with van der Waals surface area (Å²) in [6.07, 6.45) is 1.90. The van der Waals surface area contributed by atoms with Gasteiger partial charge in [-0.2, -0.15) is 9.59 Å². The van der Waals surface area contributed by atoms with E-state index in [9.17, 15) is 4.79 Å². The summed E-state index contributed by atoms with van der Waals surface area (Å²) in [7, 11) is 0. The highest BCUT2D eigenvalue weighted by molar-refractivity contribution is 6.33. The van der Waals surface area contributed by atoms with Crippen molar-refractivity contribution in [3.63, 3.8) is 0 Å². The molecule has 26 heavy (non-hydrogen) atoms. The number of rotatable bonds is 3. The maximum absolute atomic E-state index is 12.0. The molecule has 1 N–H and O–H groups in total. The standard InChI is InChI=1S/C16H13ClN4O2.CO2/c1-9-3-5-13(17)12(7-9)11-4-6-14(18-8-11)19-16(22)15-10(2)20-21-23-15;2-1-3/h3-8H,1-2H3,(H,18,19,22);. The Morgan fingerprint density at radius 2 is 1.92 bits per heavy atom. The van der Waals surface area contributed by atoms with E-state index in [0.717, 1.165) is 16.7 Å². The Kier molecular flexibility index (Phi) is 6.32. The zero-order valence-electron chi connectivity index (χ0n) is 13.8. The highest BCUT2D eigenvalue weighted by atomic mass is 35.5. The molecular weight excluding hydrogens is 360 g/mol. The van der Waals surface area contributed by atoms with Gasteiger partial charge in [0.25, 0.3) is 5.91 Å². The zero-order valence-corrected chi connectivity index (χ0v) is 14.6. The molecule has 0 aliphatic heterocycles. The van der Waals surface area contributed by atoms with Crippen LogP contribution < -0.4 is 5.32 Å². The highest BCUT2D eigenvalue weighted by Gasteiger charge is 2.16. The third-order valence-corrected chi connectivity index (χ3v) is 3.63. The fourth-order valence-corrected chi connectivity index (χ4v) is 2.33. The molecule has 0 spiro atoms. The lowest BCUT2D eigenvalue weighted by atomic mass is 10.1. The van der Waals surface area contributed by atoms with Crippen LogP contribution in [-0.4, -0.2) is 27.4 Å². The van der Waals surface area contributed by atoms with E-state index in [1.807, 2.05) is 31.2 Å². The summed E-state index contributed by atoms with van der Waals surface area (Å²) in [6, 6.07) is 9.32. The number of nitrogens with zero attached hydrogens (tertiary/aromatic N) is 3. The smallest absolute Gasteiger partial charge is 0.331 e. The Balaban J connectivity index is 0.000000758. The maximum atomic E-state index is 12.0. The van der Waals surface area contributed by atoms with Crippen molar-refractivity contribution in [3.05, 3.63) is 58.6 Å². The van der Waals surface area contributed by atoms with Gasteiger partial charge in [-0.25, -0.2) is 4.98 Å². The van der Waals surface area contributed by atoms with Crippen molar-refractivity contribution in [2.24, 2.45) is 0 Å². The molecule has 0 unspecified atom stereocenters. The summed E-state index contributed by atoms with van der Waals surface area (Å²) in [5.74, 6) is 0.0252. The second kappa shape index (κ2) is 8.66. The summed E-state index contributed by atoms with van der Waals surface area (Å²) in [5.41, 5.74) is 3.29. The Morgan fingerprint density at radius 3 is 2.50 bits per heavy atom. The zero-order chi connectivity index (χ0) is 19.1. The number of nitrogens with one attached hydrogen (secondary N) is 1. The van der Waals surface area contributed by atoms with E-state index in [1.165, 1.54) is 0 Å². The van der Waals surface area contributed by atoms with Crippen LogP contribution in [0.4, 0.5) is 5.82 Å². The van der Waals surface area contributed by atoms with E-state index in [0.29, 0.717) is 16.5 Å². The molecule has 0 radical (unpaired) electrons. The molecule has 0 aliphatic rings. The number of carbonyl (C=O) groups excluding carboxylic acids is 3. The number of amides is 1. The molecule has 0 fully saturated rings. The molecule has 1 aromatic carbocycles. The average molecular weight is 373 g/mol. The monoisotopic (exact) mass is 372 g/mol. The van der Waals surface area contributed by atoms with Crippen LogP contribution in [0.15, 0.2) is 41.1 Å². The quantitative estimate of drug-likeness (QED) is 0.751. The minimum Gasteiger partial charge on any atom is -0.331 e. The molecule has 0 bridgehead atoms. The molecule has 3 rings (SSSR count). The number of hydrogen-bond acceptors (Lipinski definition) is 7. The van der Waals surface area contributed by atoms with E-state index < -0.39 is 5.91 Å². The molecule has 0 atom stereocenters. The Morgan fingerprint density at radius 1 is 1.19 bits per heavy atom. The van der Waals surface area contributed by atoms with Crippen molar-refractivity contribution in [2.45, 2.75) is 13.8 Å². The first-order valence-electron chi connectivity index (χ1n) is 7.28. The lowest BCUT2D eigenvalue weighted by Gasteiger charge is -2.07. The van der Waals surface area contributed by atoms with Crippen LogP contribution in [0, 0.1) is 13.8 Å². The molecule has 0 aliphatic carbocycles. The number of carbonyl (C=O) groups is 1. The third kappa shape index (κ3) is 4.60. The Hall–Kier alpha value is -3.35. The summed E-state index contributed by atoms with van der Waals surface area (Å²) < 4.78 is 4.80. The summed E-state index contributed by atoms with van der Waals surface area (Å²) in [6.45, 7) is 3.64. The molecule has 0 saturated heterocycles. The van der Waals surface area contributed by atoms with Gasteiger partial charge in [-0.15, -0.1) is 5.10 Å². The van der Waals surface area contributed by atoms with E-state index in [1.54, 1.807) is 19.2 Å². The van der Waals surface area contributed by atoms with Crippen LogP contribution in [0.2, 0.25) is 5.02 Å². The topological polar surface area (TPSA) is 115 Å². The normalized spacial score (nSPS) is 9.65. The minimum atomic E-state index is -0.443. The van der Waals surface area contributed by atoms with E-state index in [4.69, 9.17) is 25.7 Å². The van der Waals surface area contributed by atoms with Gasteiger partial charge >= 0.3 is 6.15 Å². The number of pyridine rings is 1. The van der Waals surface area contributed by atoms with Crippen molar-refractivity contribution in [1.82, 2.24) is 15.4 Å². The van der Waals surface area contributed by atoms with Gasteiger partial charge in [-0.05, 0) is 38.1 Å². The second-order valence-corrected chi connectivity index (χ2v) is 5.55. The molecule has 132 valence electrons. The average Bonchev–Trinajstić information content (AvgIpc) is 3.05. The molecule has 0 saturated carbocycles. The Labute approximate surface area is 153 Å². The molecular formula is C17H13ClN4O4. The van der Waals surface area contributed by atoms with Gasteiger partial charge in [-0.1, -0.05) is 23.2 Å². The van der Waals surface area contributed by atoms with Crippen LogP contribution in [-0.2, 0) is 9.59 Å². The van der Waals surface area contributed by atoms with Crippen molar-refractivity contribution in [2.75, 3.05) is 5.32 Å². The molecule has 2 aromatic heterocycles. The first-order valence-corrected chi connectivity index (χ1v) is 7.66. The molecule has 1 amide bonds. The first kappa shape index (κ1) is 19.0. The fourth-order valence-electron chi connectivity index (χ4n) is 2.10. The van der Waals surface area contributed by atoms with Gasteiger partial charge in [-0.3, -0.25) is 4.79 Å². The number of hydrogen-bond donors (Lipinski definition) is 1. The van der Waals surface area contributed by atoms with E-state index in [2.05, 4.69) is 20.7 Å². The summed E-state index contributed by atoms with van der Waals surface area (Å²) in [5, 5.41) is 10.3. The predicted molar refractivity (Wildman–Crippen MR) is 91.4 cm³/mol. The van der Waals surface area contributed by atoms with Gasteiger partial charge in [0.15, 0.2) is 0 Å². The van der Waals surface area contributed by atoms with E-state index >= 15 is 0 Å². The van der Waals surface area contributed by atoms with Gasteiger partial charge in [0.2, 0.25) is 5.76 Å². The van der Waals surface area contributed by atoms with Gasteiger partial charge < -0.3 is 9.84 Å². The fraction of sp³-hybridized carbons (Fsp3) is 0.118. The number of anilines is 1. The van der Waals surface area contributed by atoms with Gasteiger partial charge in [0.1, 0.15) is 11.5 Å². The van der Waals surface area contributed by atoms with Crippen LogP contribution in [0.3, 0.4) is 0 Å². The number of aryl methyl sites for hydroxylation is 2. The van der Waals surface area contributed by atoms with Crippen molar-refractivity contribution in [1.29, 1.82) is 0 Å². The third-order valence-electron chi connectivity index (χ3n) is 3.30. The van der Waals surface area contributed by atoms with Crippen LogP contribution in [0.5, 0.6) is 0 Å². The summed E-state index contributed by atoms with van der Waals surface area (Å²) in [4.78, 5) is 32.5. The van der Waals surface area contributed by atoms with Gasteiger partial charge in [0.05, 0.1) is 0 Å². The largest absolute Gasteiger partial charge is 0.373 e. The highest BCUT2D eigenvalue weighted by Crippen LogP contribution is 2.28. The minimum absolute atomic E-state index is 0.0672. The van der Waals surface area contributed by atoms with Crippen molar-refractivity contribution < 1.29 is 18.9 Å². The number of aromatic nitrogens is 3. The SMILES string of the molecule is Cc1ccc(Cl)c(-c2ccc(NC(=O)c3onnc3C)nc2)c1.O=C=O. The molecule has 2 heterocycles. The lowest BCUT2D eigenvalue weighted by Crippen LogP contribution is -2.13. The van der Waals surface area contributed by atoms with Crippen LogP contribution in [0.25, 0.3) is 11.1 Å². The molecule has 3 aromatic rings. The van der Waals surface area contributed by atoms with Crippen LogP contribution >= 0.6 is 11.6 Å².